The average molecular weight is 352 g/mol. The molecule has 6 heteroatoms. The Morgan fingerprint density at radius 2 is 2.04 bits per heavy atom. The molecule has 0 unspecified atom stereocenters. The topological polar surface area (TPSA) is 75.2 Å². The van der Waals surface area contributed by atoms with E-state index in [0.29, 0.717) is 11.4 Å². The number of amides is 2. The highest BCUT2D eigenvalue weighted by atomic mass is 16.2. The zero-order valence-electron chi connectivity index (χ0n) is 15.2. The summed E-state index contributed by atoms with van der Waals surface area (Å²) < 4.78 is 0. The van der Waals surface area contributed by atoms with Crippen LogP contribution in [0.15, 0.2) is 36.7 Å². The van der Waals surface area contributed by atoms with Crippen molar-refractivity contribution < 1.29 is 9.59 Å². The second-order valence-corrected chi connectivity index (χ2v) is 6.75. The van der Waals surface area contributed by atoms with Gasteiger partial charge < -0.3 is 10.2 Å². The monoisotopic (exact) mass is 352 g/mol. The Hall–Kier alpha value is -2.76. The molecule has 0 saturated carbocycles. The third-order valence-electron chi connectivity index (χ3n) is 4.68. The number of aryl methyl sites for hydroxylation is 2. The van der Waals surface area contributed by atoms with E-state index in [-0.39, 0.29) is 17.9 Å². The van der Waals surface area contributed by atoms with Crippen molar-refractivity contribution in [1.82, 2.24) is 14.9 Å². The lowest BCUT2D eigenvalue weighted by Gasteiger charge is -2.25. The standard InChI is InChI=1S/C20H24N4O2/c1-14-12-16(7-9-21-14)5-6-18-4-3-11-24(18)20(26)17-8-10-22-19(13-17)23-15(2)25/h7-10,12-13,18H,3-6,11H2,1-2H3,(H,22,23,25)/t18-/m1/s1. The second kappa shape index (κ2) is 8.08. The van der Waals surface area contributed by atoms with Gasteiger partial charge in [-0.25, -0.2) is 4.98 Å². The minimum Gasteiger partial charge on any atom is -0.336 e. The lowest BCUT2D eigenvalue weighted by molar-refractivity contribution is -0.114. The first-order valence-electron chi connectivity index (χ1n) is 8.99. The quantitative estimate of drug-likeness (QED) is 0.898. The zero-order chi connectivity index (χ0) is 18.5. The first kappa shape index (κ1) is 18.0. The predicted octanol–water partition coefficient (Wildman–Crippen LogP) is 2.98. The normalized spacial score (nSPS) is 16.5. The molecule has 6 nitrogen and oxygen atoms in total. The molecule has 1 aliphatic rings. The van der Waals surface area contributed by atoms with E-state index in [9.17, 15) is 9.59 Å². The van der Waals surface area contributed by atoms with Crippen LogP contribution in [0.5, 0.6) is 0 Å². The van der Waals surface area contributed by atoms with Gasteiger partial charge in [-0.3, -0.25) is 14.6 Å². The fourth-order valence-corrected chi connectivity index (χ4v) is 3.47. The number of nitrogens with zero attached hydrogens (tertiary/aromatic N) is 3. The Morgan fingerprint density at radius 1 is 1.23 bits per heavy atom. The SMILES string of the molecule is CC(=O)Nc1cc(C(=O)N2CCC[C@@H]2CCc2ccnc(C)c2)ccn1. The van der Waals surface area contributed by atoms with Crippen molar-refractivity contribution in [3.63, 3.8) is 0 Å². The molecule has 1 N–H and O–H groups in total. The third kappa shape index (κ3) is 4.45. The molecule has 3 rings (SSSR count). The van der Waals surface area contributed by atoms with E-state index in [4.69, 9.17) is 0 Å². The number of pyridine rings is 2. The van der Waals surface area contributed by atoms with Crippen LogP contribution in [0.25, 0.3) is 0 Å². The van der Waals surface area contributed by atoms with Crippen molar-refractivity contribution in [1.29, 1.82) is 0 Å². The summed E-state index contributed by atoms with van der Waals surface area (Å²) in [6.07, 6.45) is 7.32. The summed E-state index contributed by atoms with van der Waals surface area (Å²) in [5.74, 6) is 0.215. The minimum atomic E-state index is -0.200. The van der Waals surface area contributed by atoms with E-state index in [1.807, 2.05) is 24.1 Å². The lowest BCUT2D eigenvalue weighted by atomic mass is 10.0. The number of hydrogen-bond acceptors (Lipinski definition) is 4. The smallest absolute Gasteiger partial charge is 0.254 e. The molecule has 1 fully saturated rings. The van der Waals surface area contributed by atoms with Crippen molar-refractivity contribution in [2.24, 2.45) is 0 Å². The molecular formula is C20H24N4O2. The summed E-state index contributed by atoms with van der Waals surface area (Å²) in [7, 11) is 0. The summed E-state index contributed by atoms with van der Waals surface area (Å²) in [6.45, 7) is 4.19. The highest BCUT2D eigenvalue weighted by Gasteiger charge is 2.29. The summed E-state index contributed by atoms with van der Waals surface area (Å²) in [5, 5.41) is 2.63. The van der Waals surface area contributed by atoms with Crippen LogP contribution in [-0.4, -0.2) is 39.3 Å². The molecule has 1 atom stereocenters. The molecule has 26 heavy (non-hydrogen) atoms. The van der Waals surface area contributed by atoms with E-state index in [2.05, 4.69) is 21.4 Å². The van der Waals surface area contributed by atoms with Crippen LogP contribution in [0.3, 0.4) is 0 Å². The van der Waals surface area contributed by atoms with E-state index in [1.165, 1.54) is 12.5 Å². The predicted molar refractivity (Wildman–Crippen MR) is 99.9 cm³/mol. The van der Waals surface area contributed by atoms with Crippen molar-refractivity contribution in [3.8, 4) is 0 Å². The molecule has 3 heterocycles. The van der Waals surface area contributed by atoms with Gasteiger partial charge in [0.2, 0.25) is 5.91 Å². The molecule has 1 aliphatic heterocycles. The zero-order valence-corrected chi connectivity index (χ0v) is 15.2. The maximum atomic E-state index is 12.9. The van der Waals surface area contributed by atoms with Crippen LogP contribution < -0.4 is 5.32 Å². The van der Waals surface area contributed by atoms with Gasteiger partial charge in [0.15, 0.2) is 0 Å². The summed E-state index contributed by atoms with van der Waals surface area (Å²) in [6, 6.07) is 7.73. The van der Waals surface area contributed by atoms with Crippen LogP contribution in [0, 0.1) is 6.92 Å². The molecule has 1 saturated heterocycles. The highest BCUT2D eigenvalue weighted by Crippen LogP contribution is 2.24. The van der Waals surface area contributed by atoms with Crippen LogP contribution >= 0.6 is 0 Å². The summed E-state index contributed by atoms with van der Waals surface area (Å²) in [4.78, 5) is 34.4. The Morgan fingerprint density at radius 3 is 2.81 bits per heavy atom. The molecule has 0 radical (unpaired) electrons. The van der Waals surface area contributed by atoms with E-state index in [1.54, 1.807) is 18.3 Å². The third-order valence-corrected chi connectivity index (χ3v) is 4.68. The maximum absolute atomic E-state index is 12.9. The molecule has 0 aromatic carbocycles. The Kier molecular flexibility index (Phi) is 5.61. The van der Waals surface area contributed by atoms with Gasteiger partial charge in [-0.1, -0.05) is 0 Å². The Balaban J connectivity index is 1.67. The molecule has 2 aromatic heterocycles. The summed E-state index contributed by atoms with van der Waals surface area (Å²) in [5.41, 5.74) is 2.84. The van der Waals surface area contributed by atoms with E-state index < -0.39 is 0 Å². The van der Waals surface area contributed by atoms with Crippen LogP contribution in [0.2, 0.25) is 0 Å². The van der Waals surface area contributed by atoms with Gasteiger partial charge in [-0.15, -0.1) is 0 Å². The number of carbonyl (C=O) groups is 2. The largest absolute Gasteiger partial charge is 0.336 e. The van der Waals surface area contributed by atoms with Gasteiger partial charge >= 0.3 is 0 Å². The first-order chi connectivity index (χ1) is 12.5. The highest BCUT2D eigenvalue weighted by molar-refractivity contribution is 5.96. The molecular weight excluding hydrogens is 328 g/mol. The average Bonchev–Trinajstić information content (AvgIpc) is 3.07. The molecule has 2 aromatic rings. The number of likely N-dealkylation sites (tertiary alicyclic amines) is 1. The van der Waals surface area contributed by atoms with Crippen LogP contribution in [0.1, 0.15) is 47.8 Å². The summed E-state index contributed by atoms with van der Waals surface area (Å²) >= 11 is 0. The van der Waals surface area contributed by atoms with Gasteiger partial charge in [0.1, 0.15) is 5.82 Å². The molecule has 0 aliphatic carbocycles. The number of anilines is 1. The van der Waals surface area contributed by atoms with Crippen LogP contribution in [0.4, 0.5) is 5.82 Å². The van der Waals surface area contributed by atoms with Gasteiger partial charge in [0, 0.05) is 43.2 Å². The van der Waals surface area contributed by atoms with E-state index in [0.717, 1.165) is 37.9 Å². The first-order valence-corrected chi connectivity index (χ1v) is 8.99. The Labute approximate surface area is 153 Å². The fourth-order valence-electron chi connectivity index (χ4n) is 3.47. The number of carbonyl (C=O) groups excluding carboxylic acids is 2. The Bertz CT molecular complexity index is 806. The second-order valence-electron chi connectivity index (χ2n) is 6.75. The van der Waals surface area contributed by atoms with Crippen molar-refractivity contribution >= 4 is 17.6 Å². The number of nitrogens with one attached hydrogen (secondary N) is 1. The van der Waals surface area contributed by atoms with Gasteiger partial charge in [0.25, 0.3) is 5.91 Å². The van der Waals surface area contributed by atoms with Crippen molar-refractivity contribution in [3.05, 3.63) is 53.5 Å². The molecule has 136 valence electrons. The van der Waals surface area contributed by atoms with Gasteiger partial charge in [-0.2, -0.15) is 0 Å². The van der Waals surface area contributed by atoms with Gasteiger partial charge in [-0.05, 0) is 62.4 Å². The molecule has 2 amide bonds. The molecule has 0 bridgehead atoms. The fraction of sp³-hybridized carbons (Fsp3) is 0.400. The van der Waals surface area contributed by atoms with Crippen molar-refractivity contribution in [2.45, 2.75) is 45.6 Å². The minimum absolute atomic E-state index is 0.00686. The van der Waals surface area contributed by atoms with E-state index >= 15 is 0 Å². The number of rotatable bonds is 5. The number of hydrogen-bond donors (Lipinski definition) is 1. The van der Waals surface area contributed by atoms with Crippen molar-refractivity contribution in [2.75, 3.05) is 11.9 Å². The lowest BCUT2D eigenvalue weighted by Crippen LogP contribution is -2.35. The van der Waals surface area contributed by atoms with Gasteiger partial charge in [0.05, 0.1) is 0 Å². The number of aromatic nitrogens is 2. The maximum Gasteiger partial charge on any atom is 0.254 e. The van der Waals surface area contributed by atoms with Crippen LogP contribution in [-0.2, 0) is 11.2 Å². The molecule has 0 spiro atoms.